The Bertz CT molecular complexity index is 482. The van der Waals surface area contributed by atoms with E-state index in [1.165, 1.54) is 0 Å². The molecule has 0 fully saturated rings. The monoisotopic (exact) mass is 261 g/mol. The maximum absolute atomic E-state index is 12.1. The molecule has 2 rings (SSSR count). The van der Waals surface area contributed by atoms with E-state index in [-0.39, 0.29) is 11.3 Å². The van der Waals surface area contributed by atoms with Crippen LogP contribution in [0.4, 0.5) is 11.4 Å². The number of carbonyl (C=O) groups is 1. The number of anilines is 2. The lowest BCUT2D eigenvalue weighted by molar-refractivity contribution is -0.117. The fourth-order valence-corrected chi connectivity index (χ4v) is 2.30. The van der Waals surface area contributed by atoms with Gasteiger partial charge >= 0.3 is 0 Å². The van der Waals surface area contributed by atoms with Crippen LogP contribution in [0.2, 0.25) is 0 Å². The molecule has 1 aliphatic heterocycles. The first-order valence-electron chi connectivity index (χ1n) is 6.78. The van der Waals surface area contributed by atoms with Gasteiger partial charge in [-0.25, -0.2) is 0 Å². The normalized spacial score (nSPS) is 14.7. The molecule has 0 bridgehead atoms. The molecule has 0 spiro atoms. The van der Waals surface area contributed by atoms with Crippen molar-refractivity contribution in [3.8, 4) is 0 Å². The predicted molar refractivity (Wildman–Crippen MR) is 79.5 cm³/mol. The lowest BCUT2D eigenvalue weighted by Gasteiger charge is -2.26. The standard InChI is InChI=1S/C15H23N3O/c1-15(2,10-16)6-7-18-13-5-4-12(17-3)8-11(13)9-14(18)19/h4-5,8,17H,6-7,9-10,16H2,1-3H3. The summed E-state index contributed by atoms with van der Waals surface area (Å²) in [6, 6.07) is 6.10. The zero-order valence-corrected chi connectivity index (χ0v) is 12.0. The highest BCUT2D eigenvalue weighted by Gasteiger charge is 2.28. The van der Waals surface area contributed by atoms with E-state index >= 15 is 0 Å². The highest BCUT2D eigenvalue weighted by atomic mass is 16.2. The first kappa shape index (κ1) is 13.9. The zero-order valence-electron chi connectivity index (χ0n) is 12.0. The van der Waals surface area contributed by atoms with Gasteiger partial charge in [-0.2, -0.15) is 0 Å². The van der Waals surface area contributed by atoms with Crippen molar-refractivity contribution < 1.29 is 4.79 Å². The topological polar surface area (TPSA) is 58.4 Å². The van der Waals surface area contributed by atoms with E-state index in [1.807, 2.05) is 24.1 Å². The van der Waals surface area contributed by atoms with Gasteiger partial charge in [-0.15, -0.1) is 0 Å². The van der Waals surface area contributed by atoms with Crippen molar-refractivity contribution in [2.45, 2.75) is 26.7 Å². The molecule has 104 valence electrons. The van der Waals surface area contributed by atoms with Crippen LogP contribution < -0.4 is 16.0 Å². The van der Waals surface area contributed by atoms with E-state index in [0.717, 1.165) is 29.9 Å². The van der Waals surface area contributed by atoms with Crippen LogP contribution >= 0.6 is 0 Å². The van der Waals surface area contributed by atoms with Gasteiger partial charge in [-0.3, -0.25) is 4.79 Å². The molecule has 4 nitrogen and oxygen atoms in total. The summed E-state index contributed by atoms with van der Waals surface area (Å²) in [7, 11) is 1.89. The first-order chi connectivity index (χ1) is 8.96. The molecule has 19 heavy (non-hydrogen) atoms. The van der Waals surface area contributed by atoms with E-state index < -0.39 is 0 Å². The van der Waals surface area contributed by atoms with Gasteiger partial charge in [-0.05, 0) is 42.1 Å². The van der Waals surface area contributed by atoms with Gasteiger partial charge in [0, 0.05) is 25.0 Å². The molecule has 1 heterocycles. The Morgan fingerprint density at radius 3 is 2.79 bits per heavy atom. The number of fused-ring (bicyclic) bond motifs is 1. The van der Waals surface area contributed by atoms with Crippen LogP contribution in [-0.4, -0.2) is 26.0 Å². The highest BCUT2D eigenvalue weighted by Crippen LogP contribution is 2.32. The molecular weight excluding hydrogens is 238 g/mol. The second-order valence-corrected chi connectivity index (χ2v) is 5.93. The quantitative estimate of drug-likeness (QED) is 0.852. The van der Waals surface area contributed by atoms with Gasteiger partial charge < -0.3 is 16.0 Å². The van der Waals surface area contributed by atoms with Crippen molar-refractivity contribution in [1.29, 1.82) is 0 Å². The zero-order chi connectivity index (χ0) is 14.0. The summed E-state index contributed by atoms with van der Waals surface area (Å²) in [5, 5.41) is 3.11. The third-order valence-electron chi connectivity index (χ3n) is 3.87. The minimum Gasteiger partial charge on any atom is -0.388 e. The van der Waals surface area contributed by atoms with E-state index in [2.05, 4.69) is 25.2 Å². The Balaban J connectivity index is 2.14. The van der Waals surface area contributed by atoms with Gasteiger partial charge in [0.25, 0.3) is 0 Å². The summed E-state index contributed by atoms with van der Waals surface area (Å²) in [5.41, 5.74) is 9.04. The minimum absolute atomic E-state index is 0.0773. The van der Waals surface area contributed by atoms with Crippen LogP contribution in [0.25, 0.3) is 0 Å². The van der Waals surface area contributed by atoms with Crippen LogP contribution in [0.5, 0.6) is 0 Å². The lowest BCUT2D eigenvalue weighted by Crippen LogP contribution is -2.33. The minimum atomic E-state index is 0.0773. The largest absolute Gasteiger partial charge is 0.388 e. The Morgan fingerprint density at radius 2 is 2.16 bits per heavy atom. The SMILES string of the molecule is CNc1ccc2c(c1)CC(=O)N2CCC(C)(C)CN. The van der Waals surface area contributed by atoms with Gasteiger partial charge in [0.2, 0.25) is 5.91 Å². The van der Waals surface area contributed by atoms with Gasteiger partial charge in [-0.1, -0.05) is 13.8 Å². The molecule has 0 saturated carbocycles. The number of rotatable bonds is 5. The molecule has 0 saturated heterocycles. The number of benzene rings is 1. The van der Waals surface area contributed by atoms with Crippen LogP contribution in [-0.2, 0) is 11.2 Å². The van der Waals surface area contributed by atoms with Crippen molar-refractivity contribution in [3.63, 3.8) is 0 Å². The smallest absolute Gasteiger partial charge is 0.231 e. The third-order valence-corrected chi connectivity index (χ3v) is 3.87. The van der Waals surface area contributed by atoms with E-state index in [1.54, 1.807) is 0 Å². The Labute approximate surface area is 115 Å². The van der Waals surface area contributed by atoms with E-state index in [0.29, 0.717) is 13.0 Å². The summed E-state index contributed by atoms with van der Waals surface area (Å²) in [6.45, 7) is 5.66. The maximum Gasteiger partial charge on any atom is 0.231 e. The lowest BCUT2D eigenvalue weighted by atomic mass is 9.89. The Hall–Kier alpha value is -1.55. The number of nitrogens with zero attached hydrogens (tertiary/aromatic N) is 1. The molecule has 0 aromatic heterocycles. The average molecular weight is 261 g/mol. The molecule has 1 aliphatic rings. The van der Waals surface area contributed by atoms with Crippen molar-refractivity contribution in [2.24, 2.45) is 11.1 Å². The van der Waals surface area contributed by atoms with Crippen molar-refractivity contribution in [3.05, 3.63) is 23.8 Å². The van der Waals surface area contributed by atoms with E-state index in [4.69, 9.17) is 5.73 Å². The van der Waals surface area contributed by atoms with Crippen molar-refractivity contribution in [2.75, 3.05) is 30.4 Å². The second-order valence-electron chi connectivity index (χ2n) is 5.93. The third kappa shape index (κ3) is 2.89. The number of nitrogens with one attached hydrogen (secondary N) is 1. The van der Waals surface area contributed by atoms with Crippen LogP contribution in [0.1, 0.15) is 25.8 Å². The number of carbonyl (C=O) groups excluding carboxylic acids is 1. The fraction of sp³-hybridized carbons (Fsp3) is 0.533. The highest BCUT2D eigenvalue weighted by molar-refractivity contribution is 6.01. The van der Waals surface area contributed by atoms with Crippen LogP contribution in [0.3, 0.4) is 0 Å². The summed E-state index contributed by atoms with van der Waals surface area (Å²) in [4.78, 5) is 14.0. The number of nitrogens with two attached hydrogens (primary N) is 1. The molecule has 0 aliphatic carbocycles. The molecule has 0 atom stereocenters. The van der Waals surface area contributed by atoms with Crippen molar-refractivity contribution in [1.82, 2.24) is 0 Å². The maximum atomic E-state index is 12.1. The van der Waals surface area contributed by atoms with Crippen molar-refractivity contribution >= 4 is 17.3 Å². The summed E-state index contributed by atoms with van der Waals surface area (Å²) in [6.07, 6.45) is 1.43. The number of amides is 1. The molecule has 0 unspecified atom stereocenters. The average Bonchev–Trinajstić information content (AvgIpc) is 2.71. The molecular formula is C15H23N3O. The molecule has 1 aromatic carbocycles. The van der Waals surface area contributed by atoms with E-state index in [9.17, 15) is 4.79 Å². The molecule has 1 aromatic rings. The van der Waals surface area contributed by atoms with Gasteiger partial charge in [0.05, 0.1) is 6.42 Å². The second kappa shape index (κ2) is 5.21. The van der Waals surface area contributed by atoms with Gasteiger partial charge in [0.1, 0.15) is 0 Å². The van der Waals surface area contributed by atoms with Crippen LogP contribution in [0, 0.1) is 5.41 Å². The molecule has 3 N–H and O–H groups in total. The Morgan fingerprint density at radius 1 is 1.42 bits per heavy atom. The fourth-order valence-electron chi connectivity index (χ4n) is 2.30. The molecule has 4 heteroatoms. The number of hydrogen-bond donors (Lipinski definition) is 2. The Kier molecular flexibility index (Phi) is 3.80. The predicted octanol–water partition coefficient (Wildman–Crippen LogP) is 1.99. The first-order valence-corrected chi connectivity index (χ1v) is 6.78. The molecule has 0 radical (unpaired) electrons. The number of hydrogen-bond acceptors (Lipinski definition) is 3. The summed E-state index contributed by atoms with van der Waals surface area (Å²) in [5.74, 6) is 0.191. The van der Waals surface area contributed by atoms with Gasteiger partial charge in [0.15, 0.2) is 0 Å². The summed E-state index contributed by atoms with van der Waals surface area (Å²) >= 11 is 0. The summed E-state index contributed by atoms with van der Waals surface area (Å²) < 4.78 is 0. The molecule has 1 amide bonds. The van der Waals surface area contributed by atoms with Crippen LogP contribution in [0.15, 0.2) is 18.2 Å².